The molecule has 1 aromatic heterocycles. The maximum atomic E-state index is 6.35. The highest BCUT2D eigenvalue weighted by Crippen LogP contribution is 2.53. The number of nitrogens with zero attached hydrogens (tertiary/aromatic N) is 4. The third kappa shape index (κ3) is 5.85. The number of nitrogens with one attached hydrogen (secondary N) is 1. The van der Waals surface area contributed by atoms with Crippen LogP contribution in [0.25, 0.3) is 44.2 Å². The van der Waals surface area contributed by atoms with E-state index in [-0.39, 0.29) is 18.2 Å². The molecule has 6 aliphatic rings. The first kappa shape index (κ1) is 36.0. The summed E-state index contributed by atoms with van der Waals surface area (Å²) in [5.74, 6) is 2.90. The zero-order chi connectivity index (χ0) is 41.4. The summed E-state index contributed by atoms with van der Waals surface area (Å²) in [7, 11) is 0. The van der Waals surface area contributed by atoms with Gasteiger partial charge >= 0.3 is 0 Å². The first-order valence-corrected chi connectivity index (χ1v) is 22.2. The van der Waals surface area contributed by atoms with Gasteiger partial charge in [0.2, 0.25) is 0 Å². The molecule has 3 atom stereocenters. The van der Waals surface area contributed by atoms with Gasteiger partial charge in [0.1, 0.15) is 23.9 Å². The van der Waals surface area contributed by atoms with Crippen LogP contribution < -0.4 is 15.0 Å². The second-order valence-corrected chi connectivity index (χ2v) is 17.1. The standard InChI is InChI=1S/C57H43N5O/c1-3-14-36(15-4-1)55-58-56(37-16-5-2-6-17-37)60-57(59-55)38-26-29-40(30-27-38)61-49-23-11-8-20-45(49)54-42(21-13-24-51(54)61)39-28-32-50-46(34-39)43-18-7-10-22-48(43)62(50)41-31-33-53-47(35-41)44-19-9-12-25-52(44)63-53/h1-19,21-26,28-29,31-32,34-35,45,53,55H,20,27,30,33H2,(H,58,59,60). The summed E-state index contributed by atoms with van der Waals surface area (Å²) in [4.78, 5) is 12.7. The van der Waals surface area contributed by atoms with Crippen molar-refractivity contribution < 1.29 is 4.74 Å². The molecule has 302 valence electrons. The van der Waals surface area contributed by atoms with Crippen molar-refractivity contribution in [1.82, 2.24) is 9.88 Å². The molecule has 0 radical (unpaired) electrons. The largest absolute Gasteiger partial charge is 0.485 e. The number of anilines is 1. The van der Waals surface area contributed by atoms with E-state index in [1.165, 1.54) is 78.0 Å². The van der Waals surface area contributed by atoms with Crippen molar-refractivity contribution in [1.29, 1.82) is 0 Å². The number of aromatic nitrogens is 1. The summed E-state index contributed by atoms with van der Waals surface area (Å²) in [6.07, 6.45) is 19.6. The normalized spacial score (nSPS) is 20.8. The van der Waals surface area contributed by atoms with Gasteiger partial charge < -0.3 is 19.5 Å². The zero-order valence-electron chi connectivity index (χ0n) is 34.7. The predicted octanol–water partition coefficient (Wildman–Crippen LogP) is 13.0. The fourth-order valence-corrected chi connectivity index (χ4v) is 10.6. The fraction of sp³-hybridized carbons (Fsp3) is 0.123. The maximum absolute atomic E-state index is 6.35. The molecule has 0 fully saturated rings. The van der Waals surface area contributed by atoms with E-state index in [4.69, 9.17) is 14.7 Å². The smallest absolute Gasteiger partial charge is 0.159 e. The number of ether oxygens (including phenoxy) is 1. The van der Waals surface area contributed by atoms with E-state index in [1.807, 2.05) is 24.3 Å². The second kappa shape index (κ2) is 14.5. The summed E-state index contributed by atoms with van der Waals surface area (Å²) < 4.78 is 8.80. The molecule has 13 rings (SSSR count). The molecular formula is C57H43N5O. The Hall–Kier alpha value is -7.70. The van der Waals surface area contributed by atoms with Crippen LogP contribution in [-0.2, 0) is 0 Å². The topological polar surface area (TPSA) is 54.2 Å². The molecule has 0 saturated heterocycles. The number of aliphatic imine (C=N–C) groups is 2. The van der Waals surface area contributed by atoms with Crippen LogP contribution in [0.2, 0.25) is 0 Å². The van der Waals surface area contributed by atoms with Crippen LogP contribution in [0.4, 0.5) is 5.69 Å². The maximum Gasteiger partial charge on any atom is 0.159 e. The van der Waals surface area contributed by atoms with E-state index in [9.17, 15) is 0 Å². The second-order valence-electron chi connectivity index (χ2n) is 17.1. The molecule has 3 aliphatic heterocycles. The van der Waals surface area contributed by atoms with Gasteiger partial charge in [-0.05, 0) is 95.6 Å². The molecule has 0 saturated carbocycles. The summed E-state index contributed by atoms with van der Waals surface area (Å²) >= 11 is 0. The van der Waals surface area contributed by atoms with E-state index in [0.717, 1.165) is 54.2 Å². The Bertz CT molecular complexity index is 3300. The van der Waals surface area contributed by atoms with Gasteiger partial charge in [0, 0.05) is 56.9 Å². The number of benzene rings is 6. The van der Waals surface area contributed by atoms with Crippen LogP contribution in [0.1, 0.15) is 60.0 Å². The molecule has 6 aromatic carbocycles. The molecule has 0 bridgehead atoms. The minimum absolute atomic E-state index is 0.0701. The first-order chi connectivity index (χ1) is 31.2. The van der Waals surface area contributed by atoms with Crippen molar-refractivity contribution in [3.63, 3.8) is 0 Å². The number of amidine groups is 2. The van der Waals surface area contributed by atoms with Crippen LogP contribution >= 0.6 is 0 Å². The van der Waals surface area contributed by atoms with Crippen LogP contribution in [0.3, 0.4) is 0 Å². The van der Waals surface area contributed by atoms with Crippen molar-refractivity contribution in [3.05, 3.63) is 227 Å². The lowest BCUT2D eigenvalue weighted by molar-refractivity contribution is 0.279. The number of allylic oxidation sites excluding steroid dienone is 9. The summed E-state index contributed by atoms with van der Waals surface area (Å²) in [5, 5.41) is 6.21. The first-order valence-electron chi connectivity index (χ1n) is 22.2. The molecule has 0 amide bonds. The Labute approximate surface area is 366 Å². The summed E-state index contributed by atoms with van der Waals surface area (Å²) in [6.45, 7) is 0. The van der Waals surface area contributed by atoms with E-state index >= 15 is 0 Å². The highest BCUT2D eigenvalue weighted by Gasteiger charge is 2.38. The van der Waals surface area contributed by atoms with E-state index < -0.39 is 0 Å². The Kier molecular flexibility index (Phi) is 8.26. The van der Waals surface area contributed by atoms with Crippen LogP contribution in [0.15, 0.2) is 215 Å². The number of fused-ring (bicyclic) bond motifs is 9. The Morgan fingerprint density at radius 3 is 2.37 bits per heavy atom. The van der Waals surface area contributed by atoms with Gasteiger partial charge in [-0.3, -0.25) is 0 Å². The molecule has 7 aromatic rings. The molecule has 6 nitrogen and oxygen atoms in total. The Morgan fingerprint density at radius 2 is 1.48 bits per heavy atom. The summed E-state index contributed by atoms with van der Waals surface area (Å²) in [5.41, 5.74) is 17.3. The van der Waals surface area contributed by atoms with Gasteiger partial charge in [-0.25, -0.2) is 9.98 Å². The van der Waals surface area contributed by atoms with E-state index in [2.05, 4.69) is 179 Å². The fourth-order valence-electron chi connectivity index (χ4n) is 10.6. The Morgan fingerprint density at radius 1 is 0.667 bits per heavy atom. The van der Waals surface area contributed by atoms with Crippen molar-refractivity contribution in [2.75, 3.05) is 4.90 Å². The van der Waals surface area contributed by atoms with Gasteiger partial charge in [-0.1, -0.05) is 140 Å². The molecule has 1 N–H and O–H groups in total. The predicted molar refractivity (Wildman–Crippen MR) is 258 cm³/mol. The van der Waals surface area contributed by atoms with Crippen molar-refractivity contribution in [3.8, 4) is 16.9 Å². The van der Waals surface area contributed by atoms with Gasteiger partial charge in [-0.15, -0.1) is 0 Å². The summed E-state index contributed by atoms with van der Waals surface area (Å²) in [6, 6.07) is 52.1. The van der Waals surface area contributed by atoms with Gasteiger partial charge in [0.05, 0.1) is 16.7 Å². The minimum atomic E-state index is -0.214. The van der Waals surface area contributed by atoms with E-state index in [0.29, 0.717) is 0 Å². The molecule has 0 spiro atoms. The number of hydrogen-bond acceptors (Lipinski definition) is 5. The van der Waals surface area contributed by atoms with Gasteiger partial charge in [-0.2, -0.15) is 0 Å². The quantitative estimate of drug-likeness (QED) is 0.182. The molecule has 63 heavy (non-hydrogen) atoms. The van der Waals surface area contributed by atoms with Crippen molar-refractivity contribution in [2.45, 2.75) is 43.9 Å². The molecule has 3 aliphatic carbocycles. The van der Waals surface area contributed by atoms with Crippen molar-refractivity contribution >= 4 is 50.4 Å². The molecular weight excluding hydrogens is 771 g/mol. The SMILES string of the molecule is C1=CCC2C(=C1)N(C1=CC=C(C3=NC(c4ccccc4)=NC(c4ccccc4)N3)CC1)c1cccc(-c3ccc4c(c3)c3ccccc3n4C3=CCC4Oc5ccccc5C4=C3)c12. The lowest BCUT2D eigenvalue weighted by Gasteiger charge is -2.30. The third-order valence-corrected chi connectivity index (χ3v) is 13.6. The van der Waals surface area contributed by atoms with Gasteiger partial charge in [0.15, 0.2) is 5.84 Å². The highest BCUT2D eigenvalue weighted by atomic mass is 16.5. The Balaban J connectivity index is 0.870. The highest BCUT2D eigenvalue weighted by molar-refractivity contribution is 6.14. The number of para-hydroxylation sites is 2. The molecule has 3 unspecified atom stereocenters. The van der Waals surface area contributed by atoms with E-state index in [1.54, 1.807) is 0 Å². The minimum Gasteiger partial charge on any atom is -0.485 e. The average molecular weight is 814 g/mol. The lowest BCUT2D eigenvalue weighted by atomic mass is 9.86. The monoisotopic (exact) mass is 813 g/mol. The lowest BCUT2D eigenvalue weighted by Crippen LogP contribution is -2.34. The number of hydrogen-bond donors (Lipinski definition) is 1. The van der Waals surface area contributed by atoms with Gasteiger partial charge in [0.25, 0.3) is 0 Å². The molecule has 4 heterocycles. The average Bonchev–Trinajstić information content (AvgIpc) is 4.02. The van der Waals surface area contributed by atoms with Crippen LogP contribution in [0, 0.1) is 0 Å². The van der Waals surface area contributed by atoms with Crippen molar-refractivity contribution in [2.24, 2.45) is 9.98 Å². The third-order valence-electron chi connectivity index (χ3n) is 13.6. The molecule has 6 heteroatoms. The van der Waals surface area contributed by atoms with Crippen LogP contribution in [-0.4, -0.2) is 22.3 Å². The zero-order valence-corrected chi connectivity index (χ0v) is 34.7. The number of rotatable bonds is 6. The van der Waals surface area contributed by atoms with Crippen LogP contribution in [0.5, 0.6) is 5.75 Å².